The molecule has 0 saturated carbocycles. The topological polar surface area (TPSA) is 33.4 Å². The van der Waals surface area contributed by atoms with Gasteiger partial charge in [-0.15, -0.1) is 11.3 Å². The summed E-state index contributed by atoms with van der Waals surface area (Å²) in [4.78, 5) is 1.15. The van der Waals surface area contributed by atoms with Crippen molar-refractivity contribution in [1.29, 1.82) is 0 Å². The van der Waals surface area contributed by atoms with Crippen LogP contribution < -0.4 is 0 Å². The van der Waals surface area contributed by atoms with Crippen molar-refractivity contribution in [3.05, 3.63) is 44.4 Å². The van der Waals surface area contributed by atoms with Gasteiger partial charge in [0.25, 0.3) is 0 Å². The maximum Gasteiger partial charge on any atom is 0.101 e. The number of hydrogen-bond acceptors (Lipinski definition) is 3. The quantitative estimate of drug-likeness (QED) is 0.934. The summed E-state index contributed by atoms with van der Waals surface area (Å²) < 4.78 is 6.23. The zero-order chi connectivity index (χ0) is 10.8. The number of aliphatic hydroxyl groups is 1. The van der Waals surface area contributed by atoms with E-state index in [9.17, 15) is 5.11 Å². The van der Waals surface area contributed by atoms with Gasteiger partial charge in [0.2, 0.25) is 0 Å². The minimum Gasteiger partial charge on any atom is -0.469 e. The summed E-state index contributed by atoms with van der Waals surface area (Å²) in [5.41, 5.74) is 0.841. The third-order valence-electron chi connectivity index (χ3n) is 2.21. The number of halogens is 1. The van der Waals surface area contributed by atoms with Crippen molar-refractivity contribution in [2.45, 2.75) is 19.4 Å². The number of rotatable bonds is 3. The van der Waals surface area contributed by atoms with E-state index < -0.39 is 6.10 Å². The van der Waals surface area contributed by atoms with E-state index in [2.05, 4.69) is 15.9 Å². The monoisotopic (exact) mass is 286 g/mol. The first-order valence-corrected chi connectivity index (χ1v) is 6.29. The summed E-state index contributed by atoms with van der Waals surface area (Å²) >= 11 is 5.09. The highest BCUT2D eigenvalue weighted by atomic mass is 79.9. The van der Waals surface area contributed by atoms with E-state index in [4.69, 9.17) is 4.42 Å². The second-order valence-corrected chi connectivity index (χ2v) is 5.26. The van der Waals surface area contributed by atoms with E-state index in [1.54, 1.807) is 17.6 Å². The number of aliphatic hydroxyl groups excluding tert-OH is 1. The van der Waals surface area contributed by atoms with E-state index in [-0.39, 0.29) is 0 Å². The van der Waals surface area contributed by atoms with Crippen molar-refractivity contribution in [2.24, 2.45) is 0 Å². The van der Waals surface area contributed by atoms with Crippen molar-refractivity contribution in [1.82, 2.24) is 0 Å². The molecule has 0 aliphatic rings. The predicted molar refractivity (Wildman–Crippen MR) is 64.1 cm³/mol. The molecule has 0 saturated heterocycles. The third kappa shape index (κ3) is 2.51. The highest BCUT2D eigenvalue weighted by molar-refractivity contribution is 9.10. The van der Waals surface area contributed by atoms with Crippen molar-refractivity contribution in [3.63, 3.8) is 0 Å². The molecule has 0 aliphatic carbocycles. The first-order valence-electron chi connectivity index (χ1n) is 4.62. The molecule has 4 heteroatoms. The normalized spacial score (nSPS) is 13.0. The van der Waals surface area contributed by atoms with Gasteiger partial charge in [0.05, 0.1) is 12.4 Å². The van der Waals surface area contributed by atoms with Gasteiger partial charge < -0.3 is 9.52 Å². The highest BCUT2D eigenvalue weighted by Crippen LogP contribution is 2.28. The molecule has 2 heterocycles. The number of aryl methyl sites for hydroxylation is 1. The average Bonchev–Trinajstić information content (AvgIpc) is 2.77. The van der Waals surface area contributed by atoms with Gasteiger partial charge in [-0.1, -0.05) is 0 Å². The van der Waals surface area contributed by atoms with Gasteiger partial charge in [-0.25, -0.2) is 0 Å². The van der Waals surface area contributed by atoms with Gasteiger partial charge >= 0.3 is 0 Å². The van der Waals surface area contributed by atoms with Gasteiger partial charge in [0.1, 0.15) is 5.76 Å². The first kappa shape index (κ1) is 10.9. The van der Waals surface area contributed by atoms with Crippen LogP contribution in [0.5, 0.6) is 0 Å². The molecular weight excluding hydrogens is 276 g/mol. The summed E-state index contributed by atoms with van der Waals surface area (Å²) in [5, 5.41) is 12.0. The van der Waals surface area contributed by atoms with Crippen LogP contribution in [-0.2, 0) is 6.42 Å². The fraction of sp³-hybridized carbons (Fsp3) is 0.273. The van der Waals surface area contributed by atoms with Gasteiger partial charge in [0.15, 0.2) is 0 Å². The summed E-state index contributed by atoms with van der Waals surface area (Å²) in [7, 11) is 0. The van der Waals surface area contributed by atoms with Gasteiger partial charge in [-0.2, -0.15) is 0 Å². The van der Waals surface area contributed by atoms with Crippen LogP contribution in [0.1, 0.15) is 22.3 Å². The standard InChI is InChI=1S/C11H11BrO2S/c1-7-4-8(6-14-7)10(13)5-11-9(12)2-3-15-11/h2-4,6,10,13H,5H2,1H3. The molecule has 80 valence electrons. The fourth-order valence-corrected chi connectivity index (χ4v) is 2.96. The first-order chi connectivity index (χ1) is 7.16. The molecule has 1 atom stereocenters. The van der Waals surface area contributed by atoms with E-state index in [1.165, 1.54) is 0 Å². The molecule has 0 aliphatic heterocycles. The van der Waals surface area contributed by atoms with Crippen molar-refractivity contribution in [3.8, 4) is 0 Å². The molecule has 0 aromatic carbocycles. The smallest absolute Gasteiger partial charge is 0.101 e. The van der Waals surface area contributed by atoms with Crippen molar-refractivity contribution in [2.75, 3.05) is 0 Å². The van der Waals surface area contributed by atoms with Crippen molar-refractivity contribution >= 4 is 27.3 Å². The molecule has 2 aromatic heterocycles. The van der Waals surface area contributed by atoms with Gasteiger partial charge in [-0.3, -0.25) is 0 Å². The van der Waals surface area contributed by atoms with Gasteiger partial charge in [0, 0.05) is 21.3 Å². The lowest BCUT2D eigenvalue weighted by Crippen LogP contribution is -1.99. The Morgan fingerprint density at radius 2 is 2.40 bits per heavy atom. The van der Waals surface area contributed by atoms with E-state index in [0.717, 1.165) is 20.7 Å². The van der Waals surface area contributed by atoms with Crippen LogP contribution in [-0.4, -0.2) is 5.11 Å². The summed E-state index contributed by atoms with van der Waals surface area (Å²) in [6, 6.07) is 3.86. The Hall–Kier alpha value is -0.580. The molecular formula is C11H11BrO2S. The molecule has 0 radical (unpaired) electrons. The SMILES string of the molecule is Cc1cc(C(O)Cc2sccc2Br)co1. The predicted octanol–water partition coefficient (Wildman–Crippen LogP) is 3.69. The average molecular weight is 287 g/mol. The van der Waals surface area contributed by atoms with Crippen LogP contribution >= 0.6 is 27.3 Å². The minimum absolute atomic E-state index is 0.489. The fourth-order valence-electron chi connectivity index (χ4n) is 1.40. The Balaban J connectivity index is 2.10. The van der Waals surface area contributed by atoms with Crippen LogP contribution in [0.25, 0.3) is 0 Å². The maximum absolute atomic E-state index is 9.96. The van der Waals surface area contributed by atoms with Gasteiger partial charge in [-0.05, 0) is 40.4 Å². The lowest BCUT2D eigenvalue weighted by molar-refractivity contribution is 0.178. The molecule has 2 rings (SSSR count). The van der Waals surface area contributed by atoms with E-state index in [1.807, 2.05) is 24.4 Å². The van der Waals surface area contributed by atoms with Crippen LogP contribution in [0.2, 0.25) is 0 Å². The molecule has 15 heavy (non-hydrogen) atoms. The Morgan fingerprint density at radius 3 is 2.93 bits per heavy atom. The molecule has 0 fully saturated rings. The minimum atomic E-state index is -0.489. The largest absolute Gasteiger partial charge is 0.469 e. The van der Waals surface area contributed by atoms with E-state index in [0.29, 0.717) is 6.42 Å². The zero-order valence-electron chi connectivity index (χ0n) is 8.24. The van der Waals surface area contributed by atoms with Crippen LogP contribution in [0.3, 0.4) is 0 Å². The summed E-state index contributed by atoms with van der Waals surface area (Å²) in [6.07, 6.45) is 1.75. The summed E-state index contributed by atoms with van der Waals surface area (Å²) in [5.74, 6) is 0.828. The molecule has 1 unspecified atom stereocenters. The third-order valence-corrected chi connectivity index (χ3v) is 4.15. The molecule has 1 N–H and O–H groups in total. The van der Waals surface area contributed by atoms with E-state index >= 15 is 0 Å². The molecule has 0 amide bonds. The lowest BCUT2D eigenvalue weighted by Gasteiger charge is -2.06. The zero-order valence-corrected chi connectivity index (χ0v) is 10.6. The molecule has 2 nitrogen and oxygen atoms in total. The number of thiophene rings is 1. The second kappa shape index (κ2) is 4.51. The van der Waals surface area contributed by atoms with Crippen LogP contribution in [0.4, 0.5) is 0 Å². The Bertz CT molecular complexity index is 447. The molecule has 2 aromatic rings. The Labute approximate surface area is 101 Å². The molecule has 0 bridgehead atoms. The Kier molecular flexibility index (Phi) is 3.29. The summed E-state index contributed by atoms with van der Waals surface area (Å²) in [6.45, 7) is 1.87. The van der Waals surface area contributed by atoms with Crippen LogP contribution in [0.15, 0.2) is 32.7 Å². The lowest BCUT2D eigenvalue weighted by atomic mass is 10.1. The maximum atomic E-state index is 9.96. The highest BCUT2D eigenvalue weighted by Gasteiger charge is 2.13. The number of furan rings is 1. The van der Waals surface area contributed by atoms with Crippen molar-refractivity contribution < 1.29 is 9.52 Å². The Morgan fingerprint density at radius 1 is 1.60 bits per heavy atom. The molecule has 0 spiro atoms. The van der Waals surface area contributed by atoms with Crippen LogP contribution in [0, 0.1) is 6.92 Å². The number of hydrogen-bond donors (Lipinski definition) is 1. The second-order valence-electron chi connectivity index (χ2n) is 3.40.